The van der Waals surface area contributed by atoms with Gasteiger partial charge in [-0.2, -0.15) is 18.3 Å². The third-order valence-corrected chi connectivity index (χ3v) is 3.48. The maximum absolute atomic E-state index is 13.1. The number of rotatable bonds is 5. The average Bonchev–Trinajstić information content (AvgIpc) is 3.01. The molecule has 0 aliphatic heterocycles. The van der Waals surface area contributed by atoms with Crippen molar-refractivity contribution in [3.05, 3.63) is 53.7 Å². The van der Waals surface area contributed by atoms with Gasteiger partial charge in [0, 0.05) is 37.2 Å². The van der Waals surface area contributed by atoms with Gasteiger partial charge in [0.25, 0.3) is 5.91 Å². The Kier molecular flexibility index (Phi) is 4.74. The molecule has 0 saturated carbocycles. The first-order valence-electron chi connectivity index (χ1n) is 7.71. The summed E-state index contributed by atoms with van der Waals surface area (Å²) in [5, 5.41) is 9.40. The predicted octanol–water partition coefficient (Wildman–Crippen LogP) is 2.29. The van der Waals surface area contributed by atoms with E-state index in [-0.39, 0.29) is 23.6 Å². The largest absolute Gasteiger partial charge is 0.433 e. The molecule has 0 fully saturated rings. The summed E-state index contributed by atoms with van der Waals surface area (Å²) in [5.41, 5.74) is -0.149. The Morgan fingerprint density at radius 1 is 1.27 bits per heavy atom. The zero-order valence-corrected chi connectivity index (χ0v) is 13.7. The van der Waals surface area contributed by atoms with Crippen molar-refractivity contribution >= 4 is 17.2 Å². The van der Waals surface area contributed by atoms with Gasteiger partial charge in [0.1, 0.15) is 5.69 Å². The number of fused-ring (bicyclic) bond motifs is 1. The normalized spacial score (nSPS) is 11.5. The Balaban J connectivity index is 1.69. The minimum Gasteiger partial charge on any atom is -0.382 e. The van der Waals surface area contributed by atoms with E-state index in [0.29, 0.717) is 11.1 Å². The first-order valence-corrected chi connectivity index (χ1v) is 7.71. The average molecular weight is 364 g/mol. The lowest BCUT2D eigenvalue weighted by atomic mass is 10.3. The predicted molar refractivity (Wildman–Crippen MR) is 87.8 cm³/mol. The van der Waals surface area contributed by atoms with Crippen LogP contribution in [0.4, 0.5) is 18.9 Å². The summed E-state index contributed by atoms with van der Waals surface area (Å²) in [4.78, 5) is 20.1. The summed E-state index contributed by atoms with van der Waals surface area (Å²) in [6, 6.07) is 5.71. The number of carbonyl (C=O) groups excluding carboxylic acids is 1. The van der Waals surface area contributed by atoms with E-state index in [0.717, 1.165) is 11.8 Å². The summed E-state index contributed by atoms with van der Waals surface area (Å²) in [7, 11) is 0. The van der Waals surface area contributed by atoms with Gasteiger partial charge >= 0.3 is 6.18 Å². The number of pyridine rings is 1. The molecule has 2 N–H and O–H groups in total. The molecule has 136 valence electrons. The van der Waals surface area contributed by atoms with Gasteiger partial charge in [-0.15, -0.1) is 0 Å². The molecule has 3 aromatic rings. The second-order valence-corrected chi connectivity index (χ2v) is 5.50. The highest BCUT2D eigenvalue weighted by Crippen LogP contribution is 2.29. The van der Waals surface area contributed by atoms with E-state index in [9.17, 15) is 18.0 Å². The number of carbonyl (C=O) groups is 1. The van der Waals surface area contributed by atoms with Crippen molar-refractivity contribution in [3.8, 4) is 0 Å². The highest BCUT2D eigenvalue weighted by Gasteiger charge is 2.35. The van der Waals surface area contributed by atoms with E-state index >= 15 is 0 Å². The lowest BCUT2D eigenvalue weighted by Gasteiger charge is -2.09. The van der Waals surface area contributed by atoms with Crippen LogP contribution >= 0.6 is 0 Å². The SMILES string of the molecule is Cc1cc(C(F)(F)F)n2nc(C(=O)NCCNc3cccnc3)cc2n1. The number of aryl methyl sites for hydroxylation is 1. The lowest BCUT2D eigenvalue weighted by Crippen LogP contribution is -2.29. The Bertz CT molecular complexity index is 923. The van der Waals surface area contributed by atoms with Crippen LogP contribution in [0.25, 0.3) is 5.65 Å². The first kappa shape index (κ1) is 17.6. The third-order valence-electron chi connectivity index (χ3n) is 3.48. The summed E-state index contributed by atoms with van der Waals surface area (Å²) in [6.45, 7) is 2.14. The first-order chi connectivity index (χ1) is 12.3. The van der Waals surface area contributed by atoms with Crippen LogP contribution in [0, 0.1) is 6.92 Å². The molecule has 0 aliphatic rings. The van der Waals surface area contributed by atoms with Crippen molar-refractivity contribution in [2.45, 2.75) is 13.1 Å². The van der Waals surface area contributed by atoms with Gasteiger partial charge in [-0.25, -0.2) is 9.50 Å². The molecule has 3 rings (SSSR count). The van der Waals surface area contributed by atoms with Crippen molar-refractivity contribution in [1.82, 2.24) is 24.9 Å². The van der Waals surface area contributed by atoms with E-state index in [1.54, 1.807) is 18.5 Å². The van der Waals surface area contributed by atoms with E-state index in [1.165, 1.54) is 13.0 Å². The summed E-state index contributed by atoms with van der Waals surface area (Å²) >= 11 is 0. The van der Waals surface area contributed by atoms with Crippen LogP contribution in [0.2, 0.25) is 0 Å². The van der Waals surface area contributed by atoms with Gasteiger partial charge in [0.15, 0.2) is 11.3 Å². The van der Waals surface area contributed by atoms with Crippen molar-refractivity contribution < 1.29 is 18.0 Å². The zero-order valence-electron chi connectivity index (χ0n) is 13.7. The number of alkyl halides is 3. The maximum atomic E-state index is 13.1. The van der Waals surface area contributed by atoms with Crippen LogP contribution in [0.15, 0.2) is 36.7 Å². The van der Waals surface area contributed by atoms with Gasteiger partial charge in [0.05, 0.1) is 5.69 Å². The molecule has 0 atom stereocenters. The molecular weight excluding hydrogens is 349 g/mol. The third kappa shape index (κ3) is 3.90. The molecular formula is C16H15F3N6O. The molecule has 0 radical (unpaired) electrons. The monoisotopic (exact) mass is 364 g/mol. The highest BCUT2D eigenvalue weighted by atomic mass is 19.4. The molecule has 0 bridgehead atoms. The smallest absolute Gasteiger partial charge is 0.382 e. The van der Waals surface area contributed by atoms with Crippen LogP contribution < -0.4 is 10.6 Å². The van der Waals surface area contributed by atoms with Gasteiger partial charge < -0.3 is 10.6 Å². The molecule has 1 amide bonds. The second-order valence-electron chi connectivity index (χ2n) is 5.50. The fourth-order valence-corrected chi connectivity index (χ4v) is 2.35. The van der Waals surface area contributed by atoms with Crippen molar-refractivity contribution in [2.24, 2.45) is 0 Å². The molecule has 0 aromatic carbocycles. The minimum atomic E-state index is -4.60. The molecule has 0 saturated heterocycles. The highest BCUT2D eigenvalue weighted by molar-refractivity contribution is 5.93. The number of hydrogen-bond acceptors (Lipinski definition) is 5. The fraction of sp³-hybridized carbons (Fsp3) is 0.250. The number of aromatic nitrogens is 4. The molecule has 0 spiro atoms. The van der Waals surface area contributed by atoms with E-state index in [1.807, 2.05) is 6.07 Å². The number of nitrogens with one attached hydrogen (secondary N) is 2. The van der Waals surface area contributed by atoms with Crippen LogP contribution in [0.5, 0.6) is 0 Å². The Hall–Kier alpha value is -3.17. The van der Waals surface area contributed by atoms with Crippen LogP contribution in [-0.2, 0) is 6.18 Å². The van der Waals surface area contributed by atoms with Crippen molar-refractivity contribution in [3.63, 3.8) is 0 Å². The Morgan fingerprint density at radius 2 is 2.08 bits per heavy atom. The lowest BCUT2D eigenvalue weighted by molar-refractivity contribution is -0.142. The molecule has 10 heteroatoms. The molecule has 3 aromatic heterocycles. The summed E-state index contributed by atoms with van der Waals surface area (Å²) < 4.78 is 40.0. The minimum absolute atomic E-state index is 0.0315. The van der Waals surface area contributed by atoms with Crippen molar-refractivity contribution in [1.29, 1.82) is 0 Å². The summed E-state index contributed by atoms with van der Waals surface area (Å²) in [6.07, 6.45) is -1.32. The topological polar surface area (TPSA) is 84.2 Å². The summed E-state index contributed by atoms with van der Waals surface area (Å²) in [5.74, 6) is -0.575. The second kappa shape index (κ2) is 6.98. The molecule has 26 heavy (non-hydrogen) atoms. The van der Waals surface area contributed by atoms with Gasteiger partial charge in [-0.05, 0) is 25.1 Å². The molecule has 0 unspecified atom stereocenters. The Morgan fingerprint density at radius 3 is 2.77 bits per heavy atom. The van der Waals surface area contributed by atoms with E-state index in [4.69, 9.17) is 0 Å². The van der Waals surface area contributed by atoms with E-state index < -0.39 is 17.8 Å². The van der Waals surface area contributed by atoms with Crippen molar-refractivity contribution in [2.75, 3.05) is 18.4 Å². The van der Waals surface area contributed by atoms with Gasteiger partial charge in [-0.3, -0.25) is 9.78 Å². The number of anilines is 1. The molecule has 3 heterocycles. The number of halogens is 3. The number of hydrogen-bond donors (Lipinski definition) is 2. The van der Waals surface area contributed by atoms with Crippen LogP contribution in [0.3, 0.4) is 0 Å². The standard InChI is InChI=1S/C16H15F3N6O/c1-10-7-13(16(17,18)19)25-14(23-10)8-12(24-25)15(26)22-6-5-21-11-3-2-4-20-9-11/h2-4,7-9,21H,5-6H2,1H3,(H,22,26). The number of nitrogens with zero attached hydrogens (tertiary/aromatic N) is 4. The quantitative estimate of drug-likeness (QED) is 0.679. The van der Waals surface area contributed by atoms with Gasteiger partial charge in [0.2, 0.25) is 0 Å². The maximum Gasteiger partial charge on any atom is 0.433 e. The fourth-order valence-electron chi connectivity index (χ4n) is 2.35. The molecule has 0 aliphatic carbocycles. The zero-order chi connectivity index (χ0) is 18.7. The van der Waals surface area contributed by atoms with E-state index in [2.05, 4.69) is 25.7 Å². The number of amides is 1. The van der Waals surface area contributed by atoms with Gasteiger partial charge in [-0.1, -0.05) is 0 Å². The molecule has 7 nitrogen and oxygen atoms in total. The van der Waals surface area contributed by atoms with Crippen LogP contribution in [0.1, 0.15) is 21.9 Å². The Labute approximate surface area is 146 Å². The van der Waals surface area contributed by atoms with Crippen LogP contribution in [-0.4, -0.2) is 38.6 Å².